The van der Waals surface area contributed by atoms with Gasteiger partial charge in [-0.1, -0.05) is 13.0 Å². The Morgan fingerprint density at radius 2 is 1.70 bits per heavy atom. The van der Waals surface area contributed by atoms with Crippen LogP contribution in [0.1, 0.15) is 44.9 Å². The fourth-order valence-corrected chi connectivity index (χ4v) is 4.94. The van der Waals surface area contributed by atoms with Gasteiger partial charge in [0.2, 0.25) is 18.3 Å². The lowest BCUT2D eigenvalue weighted by Gasteiger charge is -2.41. The molecule has 1 heterocycles. The first-order chi connectivity index (χ1) is 17.6. The molecule has 2 aromatic carbocycles. The van der Waals surface area contributed by atoms with Gasteiger partial charge >= 0.3 is 5.97 Å². The predicted octanol–water partition coefficient (Wildman–Crippen LogP) is 4.61. The first kappa shape index (κ1) is 26.5. The molecule has 0 fully saturated rings. The van der Waals surface area contributed by atoms with Gasteiger partial charge in [-0.15, -0.1) is 0 Å². The number of allylic oxidation sites excluding steroid dienone is 1. The van der Waals surface area contributed by atoms with Crippen LogP contribution in [0.25, 0.3) is 11.1 Å². The van der Waals surface area contributed by atoms with Gasteiger partial charge in [0.05, 0.1) is 28.4 Å². The molecule has 2 aliphatic rings. The van der Waals surface area contributed by atoms with Crippen LogP contribution < -0.4 is 28.4 Å². The summed E-state index contributed by atoms with van der Waals surface area (Å²) in [6, 6.07) is 3.60. The third-order valence-electron chi connectivity index (χ3n) is 7.33. The predicted molar refractivity (Wildman–Crippen MR) is 136 cm³/mol. The summed E-state index contributed by atoms with van der Waals surface area (Å²) in [7, 11) is 6.15. The highest BCUT2D eigenvalue weighted by molar-refractivity contribution is 5.91. The minimum Gasteiger partial charge on any atom is -0.493 e. The number of aliphatic hydroxyl groups is 1. The zero-order valence-electron chi connectivity index (χ0n) is 22.5. The number of hydrogen-bond acceptors (Lipinski definition) is 9. The van der Waals surface area contributed by atoms with E-state index in [1.165, 1.54) is 14.2 Å². The van der Waals surface area contributed by atoms with Crippen molar-refractivity contribution in [3.05, 3.63) is 34.9 Å². The molecular weight excluding hydrogens is 480 g/mol. The second-order valence-corrected chi connectivity index (χ2v) is 9.38. The van der Waals surface area contributed by atoms with E-state index in [1.54, 1.807) is 47.1 Å². The molecular formula is C28H34O9. The van der Waals surface area contributed by atoms with Crippen LogP contribution in [0.15, 0.2) is 23.8 Å². The first-order valence-electron chi connectivity index (χ1n) is 12.0. The summed E-state index contributed by atoms with van der Waals surface area (Å²) in [5.74, 6) is 1.59. The van der Waals surface area contributed by atoms with E-state index in [0.29, 0.717) is 63.2 Å². The van der Waals surface area contributed by atoms with E-state index >= 15 is 0 Å². The molecule has 9 heteroatoms. The average Bonchev–Trinajstić information content (AvgIpc) is 3.36. The summed E-state index contributed by atoms with van der Waals surface area (Å²) in [6.45, 7) is 7.00. The monoisotopic (exact) mass is 514 g/mol. The van der Waals surface area contributed by atoms with E-state index in [4.69, 9.17) is 33.2 Å². The third kappa shape index (κ3) is 4.21. The highest BCUT2D eigenvalue weighted by atomic mass is 16.7. The van der Waals surface area contributed by atoms with Crippen molar-refractivity contribution in [3.8, 4) is 45.6 Å². The fourth-order valence-electron chi connectivity index (χ4n) is 4.94. The number of fused-ring (bicyclic) bond motifs is 4. The number of hydrogen-bond donors (Lipinski definition) is 1. The maximum atomic E-state index is 13.0. The Balaban J connectivity index is 2.16. The van der Waals surface area contributed by atoms with E-state index in [1.807, 2.05) is 13.0 Å². The summed E-state index contributed by atoms with van der Waals surface area (Å²) in [6.07, 6.45) is 1.00. The van der Waals surface area contributed by atoms with Gasteiger partial charge in [-0.05, 0) is 50.8 Å². The summed E-state index contributed by atoms with van der Waals surface area (Å²) in [5.41, 5.74) is 1.47. The second-order valence-electron chi connectivity index (χ2n) is 9.38. The molecule has 2 aromatic rings. The lowest BCUT2D eigenvalue weighted by Crippen LogP contribution is -2.44. The van der Waals surface area contributed by atoms with Crippen LogP contribution in [0.4, 0.5) is 0 Å². The highest BCUT2D eigenvalue weighted by Gasteiger charge is 2.47. The number of esters is 1. The quantitative estimate of drug-likeness (QED) is 0.437. The molecule has 1 N–H and O–H groups in total. The molecule has 9 nitrogen and oxygen atoms in total. The van der Waals surface area contributed by atoms with Crippen molar-refractivity contribution in [2.45, 2.75) is 45.8 Å². The van der Waals surface area contributed by atoms with Gasteiger partial charge in [0, 0.05) is 22.3 Å². The molecule has 0 amide bonds. The molecule has 0 radical (unpaired) electrons. The van der Waals surface area contributed by atoms with Gasteiger partial charge in [-0.2, -0.15) is 0 Å². The average molecular weight is 515 g/mol. The van der Waals surface area contributed by atoms with Gasteiger partial charge in [0.1, 0.15) is 5.60 Å². The molecule has 200 valence electrons. The number of ether oxygens (including phenoxy) is 7. The highest BCUT2D eigenvalue weighted by Crippen LogP contribution is 2.59. The van der Waals surface area contributed by atoms with Crippen molar-refractivity contribution >= 4 is 5.97 Å². The Morgan fingerprint density at radius 3 is 2.30 bits per heavy atom. The normalized spacial score (nSPS) is 22.2. The minimum atomic E-state index is -1.48. The van der Waals surface area contributed by atoms with E-state index in [0.717, 1.165) is 5.56 Å². The van der Waals surface area contributed by atoms with Crippen molar-refractivity contribution in [3.63, 3.8) is 0 Å². The topological polar surface area (TPSA) is 102 Å². The zero-order chi connectivity index (χ0) is 27.1. The van der Waals surface area contributed by atoms with Crippen LogP contribution in [-0.4, -0.2) is 51.9 Å². The minimum absolute atomic E-state index is 0.000553. The van der Waals surface area contributed by atoms with E-state index < -0.39 is 17.7 Å². The standard InChI is InChI=1S/C28H34O9/c1-9-14(2)27(29)37-26-17-12-19-23(36-13-35-19)25(34-8)21(17)20-16(10-15(3)28(26,4)30)11-18(31-5)22(32-6)24(20)33-7/h9,11-12,15,26,30H,10,13H2,1-8H3/b14-9+/t15-,26+,28-/m1/s1. The maximum Gasteiger partial charge on any atom is 0.334 e. The summed E-state index contributed by atoms with van der Waals surface area (Å²) >= 11 is 0. The Hall–Kier alpha value is -3.59. The van der Waals surface area contributed by atoms with Crippen LogP contribution >= 0.6 is 0 Å². The van der Waals surface area contributed by atoms with Crippen LogP contribution in [0, 0.1) is 5.92 Å². The lowest BCUT2D eigenvalue weighted by atomic mass is 9.73. The van der Waals surface area contributed by atoms with Crippen molar-refractivity contribution in [1.29, 1.82) is 0 Å². The molecule has 0 spiro atoms. The molecule has 0 saturated carbocycles. The number of carbonyl (C=O) groups is 1. The van der Waals surface area contributed by atoms with Gasteiger partial charge in [0.25, 0.3) is 0 Å². The van der Waals surface area contributed by atoms with Crippen molar-refractivity contribution in [2.75, 3.05) is 35.2 Å². The number of benzene rings is 2. The molecule has 0 bridgehead atoms. The van der Waals surface area contributed by atoms with Gasteiger partial charge in [-0.25, -0.2) is 4.79 Å². The Morgan fingerprint density at radius 1 is 1.03 bits per heavy atom. The fraction of sp³-hybridized carbons (Fsp3) is 0.464. The largest absolute Gasteiger partial charge is 0.493 e. The molecule has 0 unspecified atom stereocenters. The van der Waals surface area contributed by atoms with E-state index in [9.17, 15) is 9.90 Å². The summed E-state index contributed by atoms with van der Waals surface area (Å²) < 4.78 is 40.6. The van der Waals surface area contributed by atoms with Crippen LogP contribution in [0.5, 0.6) is 34.5 Å². The van der Waals surface area contributed by atoms with E-state index in [-0.39, 0.29) is 12.7 Å². The second kappa shape index (κ2) is 10.0. The molecule has 0 aromatic heterocycles. The van der Waals surface area contributed by atoms with Gasteiger partial charge < -0.3 is 38.3 Å². The van der Waals surface area contributed by atoms with Gasteiger partial charge in [-0.3, -0.25) is 0 Å². The molecule has 1 aliphatic carbocycles. The van der Waals surface area contributed by atoms with Crippen molar-refractivity contribution in [2.24, 2.45) is 5.92 Å². The first-order valence-corrected chi connectivity index (χ1v) is 12.0. The zero-order valence-corrected chi connectivity index (χ0v) is 22.5. The number of carbonyl (C=O) groups excluding carboxylic acids is 1. The molecule has 3 atom stereocenters. The number of rotatable bonds is 6. The van der Waals surface area contributed by atoms with Crippen LogP contribution in [0.3, 0.4) is 0 Å². The smallest absolute Gasteiger partial charge is 0.334 e. The molecule has 37 heavy (non-hydrogen) atoms. The Bertz CT molecular complexity index is 1250. The Labute approximate surface area is 216 Å². The lowest BCUT2D eigenvalue weighted by molar-refractivity contribution is -0.166. The molecule has 0 saturated heterocycles. The van der Waals surface area contributed by atoms with Gasteiger partial charge in [0.15, 0.2) is 29.1 Å². The van der Waals surface area contributed by atoms with E-state index in [2.05, 4.69) is 0 Å². The van der Waals surface area contributed by atoms with Crippen molar-refractivity contribution < 1.29 is 43.1 Å². The summed E-state index contributed by atoms with van der Waals surface area (Å²) in [5, 5.41) is 12.0. The summed E-state index contributed by atoms with van der Waals surface area (Å²) in [4.78, 5) is 13.0. The Kier molecular flexibility index (Phi) is 7.19. The van der Waals surface area contributed by atoms with Crippen LogP contribution in [-0.2, 0) is 16.0 Å². The SMILES string of the molecule is C/C=C(\C)C(=O)O[C@H]1c2cc3c(c(OC)c2-c2c(cc(OC)c(OC)c2OC)C[C@@H](C)[C@@]1(C)O)OCO3. The third-order valence-corrected chi connectivity index (χ3v) is 7.33. The maximum absolute atomic E-state index is 13.0. The molecule has 1 aliphatic heterocycles. The van der Waals surface area contributed by atoms with Crippen molar-refractivity contribution in [1.82, 2.24) is 0 Å². The van der Waals surface area contributed by atoms with Crippen LogP contribution in [0.2, 0.25) is 0 Å². The molecule has 4 rings (SSSR count). The number of methoxy groups -OCH3 is 4.